The summed E-state index contributed by atoms with van der Waals surface area (Å²) in [7, 11) is 0. The lowest BCUT2D eigenvalue weighted by Gasteiger charge is -2.07. The Balaban J connectivity index is 1.58. The Morgan fingerprint density at radius 2 is 2.00 bits per heavy atom. The second-order valence-electron chi connectivity index (χ2n) is 6.22. The Kier molecular flexibility index (Phi) is 4.06. The summed E-state index contributed by atoms with van der Waals surface area (Å²) >= 11 is 0. The van der Waals surface area contributed by atoms with Crippen molar-refractivity contribution in [1.29, 1.82) is 0 Å². The first-order chi connectivity index (χ1) is 9.79. The summed E-state index contributed by atoms with van der Waals surface area (Å²) in [6, 6.07) is 8.18. The molecule has 0 bridgehead atoms. The lowest BCUT2D eigenvalue weighted by atomic mass is 10.0. The fraction of sp³-hybridized carbons (Fsp3) is 0.588. The summed E-state index contributed by atoms with van der Waals surface area (Å²) < 4.78 is 0. The molecule has 0 saturated heterocycles. The number of nitrogens with two attached hydrogens (primary N) is 1. The Labute approximate surface area is 120 Å². The monoisotopic (exact) mass is 272 g/mol. The second kappa shape index (κ2) is 5.96. The number of hydrogen-bond donors (Lipinski definition) is 2. The van der Waals surface area contributed by atoms with Crippen LogP contribution in [-0.2, 0) is 11.2 Å². The van der Waals surface area contributed by atoms with Gasteiger partial charge in [-0.1, -0.05) is 25.0 Å². The number of anilines is 1. The quantitative estimate of drug-likeness (QED) is 0.866. The predicted molar refractivity (Wildman–Crippen MR) is 81.4 cm³/mol. The summed E-state index contributed by atoms with van der Waals surface area (Å²) in [5.74, 6) is 1.86. The minimum atomic E-state index is 0.234. The van der Waals surface area contributed by atoms with E-state index in [1.807, 2.05) is 12.1 Å². The van der Waals surface area contributed by atoms with Crippen molar-refractivity contribution in [2.45, 2.75) is 38.5 Å². The van der Waals surface area contributed by atoms with Crippen LogP contribution < -0.4 is 11.1 Å². The van der Waals surface area contributed by atoms with Gasteiger partial charge in [0.15, 0.2) is 0 Å². The van der Waals surface area contributed by atoms with E-state index in [4.69, 9.17) is 5.73 Å². The number of aryl methyl sites for hydroxylation is 1. The van der Waals surface area contributed by atoms with Gasteiger partial charge in [-0.05, 0) is 61.8 Å². The van der Waals surface area contributed by atoms with E-state index in [1.54, 1.807) is 0 Å². The van der Waals surface area contributed by atoms with Crippen LogP contribution in [0.4, 0.5) is 5.69 Å². The first kappa shape index (κ1) is 13.6. The molecule has 2 aliphatic rings. The number of fused-ring (bicyclic) bond motifs is 1. The van der Waals surface area contributed by atoms with Crippen LogP contribution in [0.1, 0.15) is 37.7 Å². The molecule has 3 N–H and O–H groups in total. The van der Waals surface area contributed by atoms with E-state index in [1.165, 1.54) is 31.2 Å². The fourth-order valence-electron chi connectivity index (χ4n) is 3.72. The van der Waals surface area contributed by atoms with Gasteiger partial charge in [-0.3, -0.25) is 4.79 Å². The minimum Gasteiger partial charge on any atom is -0.330 e. The molecular formula is C17H24N2O. The van der Waals surface area contributed by atoms with E-state index in [2.05, 4.69) is 17.4 Å². The molecule has 3 nitrogen and oxygen atoms in total. The van der Waals surface area contributed by atoms with E-state index >= 15 is 0 Å². The van der Waals surface area contributed by atoms with E-state index in [-0.39, 0.29) is 11.8 Å². The maximum absolute atomic E-state index is 12.3. The van der Waals surface area contributed by atoms with Crippen LogP contribution in [0.3, 0.4) is 0 Å². The van der Waals surface area contributed by atoms with E-state index in [0.717, 1.165) is 18.5 Å². The van der Waals surface area contributed by atoms with Crippen molar-refractivity contribution in [3.05, 3.63) is 29.8 Å². The van der Waals surface area contributed by atoms with Crippen molar-refractivity contribution in [1.82, 2.24) is 0 Å². The Morgan fingerprint density at radius 3 is 2.70 bits per heavy atom. The Bertz CT molecular complexity index is 474. The molecule has 1 aromatic carbocycles. The van der Waals surface area contributed by atoms with Crippen LogP contribution in [0.2, 0.25) is 0 Å². The summed E-state index contributed by atoms with van der Waals surface area (Å²) in [5, 5.41) is 3.11. The molecule has 1 aromatic rings. The second-order valence-corrected chi connectivity index (χ2v) is 6.22. The molecule has 0 spiro atoms. The summed E-state index contributed by atoms with van der Waals surface area (Å²) in [4.78, 5) is 12.3. The van der Waals surface area contributed by atoms with Gasteiger partial charge in [-0.25, -0.2) is 0 Å². The zero-order valence-electron chi connectivity index (χ0n) is 12.0. The van der Waals surface area contributed by atoms with Gasteiger partial charge in [0.2, 0.25) is 5.91 Å². The van der Waals surface area contributed by atoms with Crippen molar-refractivity contribution >= 4 is 11.6 Å². The number of benzene rings is 1. The Morgan fingerprint density at radius 1 is 1.25 bits per heavy atom. The number of amides is 1. The SMILES string of the molecule is NCCCc1cccc(NC(=O)C2C3CCCCC32)c1. The highest BCUT2D eigenvalue weighted by Gasteiger charge is 2.54. The topological polar surface area (TPSA) is 55.1 Å². The van der Waals surface area contributed by atoms with Crippen molar-refractivity contribution in [3.63, 3.8) is 0 Å². The summed E-state index contributed by atoms with van der Waals surface area (Å²) in [6.07, 6.45) is 7.08. The van der Waals surface area contributed by atoms with Gasteiger partial charge in [-0.2, -0.15) is 0 Å². The van der Waals surface area contributed by atoms with E-state index in [0.29, 0.717) is 18.4 Å². The highest BCUT2D eigenvalue weighted by molar-refractivity contribution is 5.95. The Hall–Kier alpha value is -1.35. The molecular weight excluding hydrogens is 248 g/mol. The standard InChI is InChI=1S/C17H24N2O/c18-10-4-6-12-5-3-7-13(11-12)19-17(20)16-14-8-1-2-9-15(14)16/h3,5,7,11,14-16H,1-2,4,6,8-10,18H2,(H,19,20). The van der Waals surface area contributed by atoms with Crippen molar-refractivity contribution < 1.29 is 4.79 Å². The molecule has 2 saturated carbocycles. The van der Waals surface area contributed by atoms with E-state index in [9.17, 15) is 4.79 Å². The molecule has 0 aliphatic heterocycles. The zero-order chi connectivity index (χ0) is 13.9. The van der Waals surface area contributed by atoms with Crippen LogP contribution in [0, 0.1) is 17.8 Å². The molecule has 20 heavy (non-hydrogen) atoms. The highest BCUT2D eigenvalue weighted by Crippen LogP contribution is 2.55. The van der Waals surface area contributed by atoms with Crippen LogP contribution in [0.25, 0.3) is 0 Å². The maximum atomic E-state index is 12.3. The molecule has 2 fully saturated rings. The zero-order valence-corrected chi connectivity index (χ0v) is 12.0. The van der Waals surface area contributed by atoms with Gasteiger partial charge in [0.1, 0.15) is 0 Å². The fourth-order valence-corrected chi connectivity index (χ4v) is 3.72. The largest absolute Gasteiger partial charge is 0.330 e. The number of carbonyl (C=O) groups is 1. The predicted octanol–water partition coefficient (Wildman–Crippen LogP) is 2.95. The molecule has 2 unspecified atom stereocenters. The normalized spacial score (nSPS) is 27.8. The maximum Gasteiger partial charge on any atom is 0.228 e. The summed E-state index contributed by atoms with van der Waals surface area (Å²) in [5.41, 5.74) is 7.73. The van der Waals surface area contributed by atoms with Crippen LogP contribution in [0.15, 0.2) is 24.3 Å². The first-order valence-corrected chi connectivity index (χ1v) is 7.89. The molecule has 108 valence electrons. The molecule has 0 heterocycles. The van der Waals surface area contributed by atoms with Gasteiger partial charge in [0.05, 0.1) is 0 Å². The number of hydrogen-bond acceptors (Lipinski definition) is 2. The van der Waals surface area contributed by atoms with Gasteiger partial charge in [-0.15, -0.1) is 0 Å². The van der Waals surface area contributed by atoms with E-state index < -0.39 is 0 Å². The average molecular weight is 272 g/mol. The summed E-state index contributed by atoms with van der Waals surface area (Å²) in [6.45, 7) is 0.710. The molecule has 0 aromatic heterocycles. The molecule has 2 aliphatic carbocycles. The number of carbonyl (C=O) groups excluding carboxylic acids is 1. The molecule has 3 rings (SSSR count). The van der Waals surface area contributed by atoms with Crippen LogP contribution in [0.5, 0.6) is 0 Å². The van der Waals surface area contributed by atoms with Crippen LogP contribution >= 0.6 is 0 Å². The third kappa shape index (κ3) is 2.88. The lowest BCUT2D eigenvalue weighted by Crippen LogP contribution is -2.15. The molecule has 2 atom stereocenters. The van der Waals surface area contributed by atoms with Gasteiger partial charge in [0, 0.05) is 11.6 Å². The number of rotatable bonds is 5. The lowest BCUT2D eigenvalue weighted by molar-refractivity contribution is -0.117. The van der Waals surface area contributed by atoms with Gasteiger partial charge < -0.3 is 11.1 Å². The first-order valence-electron chi connectivity index (χ1n) is 7.89. The van der Waals surface area contributed by atoms with Crippen molar-refractivity contribution in [2.24, 2.45) is 23.5 Å². The third-order valence-corrected chi connectivity index (χ3v) is 4.82. The van der Waals surface area contributed by atoms with Crippen molar-refractivity contribution in [3.8, 4) is 0 Å². The molecule has 0 radical (unpaired) electrons. The van der Waals surface area contributed by atoms with Crippen LogP contribution in [-0.4, -0.2) is 12.5 Å². The smallest absolute Gasteiger partial charge is 0.228 e. The average Bonchev–Trinajstić information content (AvgIpc) is 3.20. The molecule has 3 heteroatoms. The third-order valence-electron chi connectivity index (χ3n) is 4.82. The highest BCUT2D eigenvalue weighted by atomic mass is 16.2. The molecule has 1 amide bonds. The number of nitrogens with one attached hydrogen (secondary N) is 1. The van der Waals surface area contributed by atoms with Gasteiger partial charge >= 0.3 is 0 Å². The van der Waals surface area contributed by atoms with Gasteiger partial charge in [0.25, 0.3) is 0 Å². The minimum absolute atomic E-state index is 0.234. The van der Waals surface area contributed by atoms with Crippen molar-refractivity contribution in [2.75, 3.05) is 11.9 Å².